The molecule has 6 nitrogen and oxygen atoms in total. The average molecular weight is 230 g/mol. The lowest BCUT2D eigenvalue weighted by Crippen LogP contribution is -2.06. The second kappa shape index (κ2) is 5.11. The van der Waals surface area contributed by atoms with Crippen molar-refractivity contribution in [1.29, 1.82) is 0 Å². The predicted octanol–water partition coefficient (Wildman–Crippen LogP) is 0.997. The van der Waals surface area contributed by atoms with Gasteiger partial charge in [-0.1, -0.05) is 30.3 Å². The van der Waals surface area contributed by atoms with Crippen molar-refractivity contribution in [2.75, 3.05) is 0 Å². The highest BCUT2D eigenvalue weighted by Crippen LogP contribution is 2.10. The van der Waals surface area contributed by atoms with Crippen LogP contribution in [0.4, 0.5) is 0 Å². The lowest BCUT2D eigenvalue weighted by atomic mass is 10.2. The van der Waals surface area contributed by atoms with E-state index in [2.05, 4.69) is 20.4 Å². The van der Waals surface area contributed by atoms with Gasteiger partial charge in [-0.3, -0.25) is 4.79 Å². The summed E-state index contributed by atoms with van der Waals surface area (Å²) in [6.45, 7) is 1.31. The second-order valence-corrected chi connectivity index (χ2v) is 3.29. The maximum atomic E-state index is 10.6. The Balaban J connectivity index is 2.11. The second-order valence-electron chi connectivity index (χ2n) is 3.29. The summed E-state index contributed by atoms with van der Waals surface area (Å²) in [4.78, 5) is 10.6. The Kier molecular flexibility index (Phi) is 3.34. The molecule has 0 aliphatic rings. The average Bonchev–Trinajstić information content (AvgIpc) is 2.38. The van der Waals surface area contributed by atoms with Crippen molar-refractivity contribution in [3.05, 3.63) is 36.2 Å². The lowest BCUT2D eigenvalue weighted by molar-refractivity contribution is -0.142. The molecule has 0 aliphatic carbocycles. The van der Waals surface area contributed by atoms with Crippen LogP contribution < -0.4 is 0 Å². The molecule has 0 N–H and O–H groups in total. The van der Waals surface area contributed by atoms with Crippen LogP contribution in [0.15, 0.2) is 30.3 Å². The molecular formula is C11H10N4O2. The van der Waals surface area contributed by atoms with Crippen LogP contribution in [-0.4, -0.2) is 26.4 Å². The first-order valence-corrected chi connectivity index (χ1v) is 5.01. The molecule has 1 heterocycles. The van der Waals surface area contributed by atoms with Gasteiger partial charge in [-0.2, -0.15) is 0 Å². The molecule has 6 heteroatoms. The van der Waals surface area contributed by atoms with E-state index in [1.54, 1.807) is 0 Å². The number of aromatic nitrogens is 4. The van der Waals surface area contributed by atoms with Crippen LogP contribution in [0.5, 0.6) is 0 Å². The molecule has 1 aromatic heterocycles. The number of esters is 1. The van der Waals surface area contributed by atoms with Crippen molar-refractivity contribution in [1.82, 2.24) is 20.4 Å². The standard InChI is InChI=1S/C11H10N4O2/c1-8(16)17-7-10-12-14-11(15-13-10)9-5-3-2-4-6-9/h2-6H,7H2,1H3. The van der Waals surface area contributed by atoms with Crippen molar-refractivity contribution in [3.63, 3.8) is 0 Å². The molecule has 0 radical (unpaired) electrons. The summed E-state index contributed by atoms with van der Waals surface area (Å²) in [6, 6.07) is 9.39. The molecule has 2 rings (SSSR count). The van der Waals surface area contributed by atoms with Gasteiger partial charge in [-0.15, -0.1) is 20.4 Å². The molecule has 0 saturated heterocycles. The number of benzene rings is 1. The fourth-order valence-corrected chi connectivity index (χ4v) is 1.18. The van der Waals surface area contributed by atoms with E-state index >= 15 is 0 Å². The molecule has 17 heavy (non-hydrogen) atoms. The SMILES string of the molecule is CC(=O)OCc1nnc(-c2ccccc2)nn1. The molecule has 0 saturated carbocycles. The van der Waals surface area contributed by atoms with Crippen LogP contribution in [0.25, 0.3) is 11.4 Å². The largest absolute Gasteiger partial charge is 0.457 e. The molecule has 0 bridgehead atoms. The normalized spacial score (nSPS) is 9.94. The highest BCUT2D eigenvalue weighted by molar-refractivity contribution is 5.65. The number of rotatable bonds is 3. The van der Waals surface area contributed by atoms with E-state index in [0.717, 1.165) is 5.56 Å². The monoisotopic (exact) mass is 230 g/mol. The van der Waals surface area contributed by atoms with Crippen LogP contribution in [0.1, 0.15) is 12.7 Å². The van der Waals surface area contributed by atoms with Gasteiger partial charge in [0.2, 0.25) is 11.6 Å². The summed E-state index contributed by atoms with van der Waals surface area (Å²) in [5.41, 5.74) is 0.839. The summed E-state index contributed by atoms with van der Waals surface area (Å²) in [6.07, 6.45) is 0. The van der Waals surface area contributed by atoms with E-state index in [1.807, 2.05) is 30.3 Å². The molecular weight excluding hydrogens is 220 g/mol. The first kappa shape index (κ1) is 11.1. The Bertz CT molecular complexity index is 499. The molecule has 86 valence electrons. The fourth-order valence-electron chi connectivity index (χ4n) is 1.18. The van der Waals surface area contributed by atoms with E-state index in [4.69, 9.17) is 4.74 Å². The zero-order chi connectivity index (χ0) is 12.1. The quantitative estimate of drug-likeness (QED) is 0.732. The third-order valence-corrected chi connectivity index (χ3v) is 1.96. The molecule has 0 spiro atoms. The number of hydrogen-bond acceptors (Lipinski definition) is 6. The van der Waals surface area contributed by atoms with Gasteiger partial charge in [0.15, 0.2) is 6.61 Å². The molecule has 2 aromatic rings. The predicted molar refractivity (Wildman–Crippen MR) is 58.5 cm³/mol. The minimum absolute atomic E-state index is 0.00952. The number of carbonyl (C=O) groups excluding carboxylic acids is 1. The van der Waals surface area contributed by atoms with Crippen LogP contribution >= 0.6 is 0 Å². The summed E-state index contributed by atoms with van der Waals surface area (Å²) >= 11 is 0. The molecule has 0 atom stereocenters. The zero-order valence-electron chi connectivity index (χ0n) is 9.20. The molecule has 0 aliphatic heterocycles. The van der Waals surface area contributed by atoms with E-state index < -0.39 is 0 Å². The Hall–Kier alpha value is -2.37. The fraction of sp³-hybridized carbons (Fsp3) is 0.182. The summed E-state index contributed by atoms with van der Waals surface area (Å²) in [5, 5.41) is 15.5. The van der Waals surface area contributed by atoms with Crippen molar-refractivity contribution in [2.24, 2.45) is 0 Å². The van der Waals surface area contributed by atoms with Gasteiger partial charge in [0.1, 0.15) is 0 Å². The Morgan fingerprint density at radius 2 is 1.76 bits per heavy atom. The first-order valence-electron chi connectivity index (χ1n) is 5.01. The van der Waals surface area contributed by atoms with Crippen LogP contribution in [0.2, 0.25) is 0 Å². The smallest absolute Gasteiger partial charge is 0.303 e. The van der Waals surface area contributed by atoms with Crippen molar-refractivity contribution in [3.8, 4) is 11.4 Å². The minimum atomic E-state index is -0.388. The maximum Gasteiger partial charge on any atom is 0.303 e. The highest BCUT2D eigenvalue weighted by Gasteiger charge is 2.04. The Morgan fingerprint density at radius 1 is 1.12 bits per heavy atom. The van der Waals surface area contributed by atoms with Gasteiger partial charge in [0, 0.05) is 12.5 Å². The van der Waals surface area contributed by atoms with E-state index in [0.29, 0.717) is 5.82 Å². The first-order chi connectivity index (χ1) is 8.25. The molecule has 0 amide bonds. The highest BCUT2D eigenvalue weighted by atomic mass is 16.5. The van der Waals surface area contributed by atoms with E-state index in [1.165, 1.54) is 6.92 Å². The van der Waals surface area contributed by atoms with E-state index in [9.17, 15) is 4.79 Å². The number of ether oxygens (including phenoxy) is 1. The van der Waals surface area contributed by atoms with Crippen LogP contribution in [0.3, 0.4) is 0 Å². The summed E-state index contributed by atoms with van der Waals surface area (Å²) in [7, 11) is 0. The van der Waals surface area contributed by atoms with Gasteiger partial charge in [0.25, 0.3) is 0 Å². The topological polar surface area (TPSA) is 77.9 Å². The molecule has 1 aromatic carbocycles. The maximum absolute atomic E-state index is 10.6. The van der Waals surface area contributed by atoms with E-state index in [-0.39, 0.29) is 18.4 Å². The van der Waals surface area contributed by atoms with Gasteiger partial charge in [-0.05, 0) is 0 Å². The van der Waals surface area contributed by atoms with Crippen molar-refractivity contribution >= 4 is 5.97 Å². The van der Waals surface area contributed by atoms with Crippen LogP contribution in [0, 0.1) is 0 Å². The Labute approximate surface area is 97.7 Å². The van der Waals surface area contributed by atoms with Gasteiger partial charge >= 0.3 is 5.97 Å². The van der Waals surface area contributed by atoms with Gasteiger partial charge < -0.3 is 4.74 Å². The third kappa shape index (κ3) is 3.04. The molecule has 0 unspecified atom stereocenters. The summed E-state index contributed by atoms with van der Waals surface area (Å²) in [5.74, 6) is 0.331. The van der Waals surface area contributed by atoms with Gasteiger partial charge in [-0.25, -0.2) is 0 Å². The summed E-state index contributed by atoms with van der Waals surface area (Å²) < 4.78 is 4.73. The number of carbonyl (C=O) groups is 1. The van der Waals surface area contributed by atoms with Crippen molar-refractivity contribution < 1.29 is 9.53 Å². The molecule has 0 fully saturated rings. The van der Waals surface area contributed by atoms with Crippen LogP contribution in [-0.2, 0) is 16.1 Å². The lowest BCUT2D eigenvalue weighted by Gasteiger charge is -2.00. The minimum Gasteiger partial charge on any atom is -0.457 e. The van der Waals surface area contributed by atoms with Gasteiger partial charge in [0.05, 0.1) is 0 Å². The Morgan fingerprint density at radius 3 is 2.35 bits per heavy atom. The van der Waals surface area contributed by atoms with Crippen molar-refractivity contribution in [2.45, 2.75) is 13.5 Å². The third-order valence-electron chi connectivity index (χ3n) is 1.96. The zero-order valence-corrected chi connectivity index (χ0v) is 9.20. The number of nitrogens with zero attached hydrogens (tertiary/aromatic N) is 4. The number of hydrogen-bond donors (Lipinski definition) is 0.